The van der Waals surface area contributed by atoms with Crippen LogP contribution >= 0.6 is 0 Å². The molecular weight excluding hydrogens is 683 g/mol. The number of hydrogen-bond donors (Lipinski definition) is 2. The predicted octanol–water partition coefficient (Wildman–Crippen LogP) is 12.9. The summed E-state index contributed by atoms with van der Waals surface area (Å²) in [4.78, 5) is 0. The van der Waals surface area contributed by atoms with Gasteiger partial charge in [-0.15, -0.1) is 0 Å². The summed E-state index contributed by atoms with van der Waals surface area (Å²) in [6.45, 7) is 0. The highest BCUT2D eigenvalue weighted by atomic mass is 16.5. The van der Waals surface area contributed by atoms with Gasteiger partial charge in [0.2, 0.25) is 0 Å². The van der Waals surface area contributed by atoms with E-state index in [0.29, 0.717) is 0 Å². The predicted molar refractivity (Wildman–Crippen MR) is 230 cm³/mol. The molecule has 4 nitrogen and oxygen atoms in total. The van der Waals surface area contributed by atoms with E-state index in [2.05, 4.69) is 209 Å². The third-order valence-electron chi connectivity index (χ3n) is 11.3. The van der Waals surface area contributed by atoms with Crippen molar-refractivity contribution in [3.8, 4) is 50.6 Å². The number of aromatic nitrogens is 1. The van der Waals surface area contributed by atoms with Crippen molar-refractivity contribution < 1.29 is 4.74 Å². The van der Waals surface area contributed by atoms with Crippen molar-refractivity contribution in [2.45, 2.75) is 12.2 Å². The van der Waals surface area contributed by atoms with Gasteiger partial charge in [0.15, 0.2) is 0 Å². The molecule has 3 heterocycles. The van der Waals surface area contributed by atoms with Gasteiger partial charge in [0.05, 0.1) is 17.1 Å². The molecule has 2 unspecified atom stereocenters. The van der Waals surface area contributed by atoms with E-state index in [9.17, 15) is 0 Å². The van der Waals surface area contributed by atoms with Crippen LogP contribution in [0.2, 0.25) is 0 Å². The topological polar surface area (TPSA) is 38.2 Å². The fraction of sp³-hybridized carbons (Fsp3) is 0.0385. The molecule has 2 N–H and O–H groups in total. The minimum absolute atomic E-state index is 0.0137. The summed E-state index contributed by atoms with van der Waals surface area (Å²) in [6, 6.07) is 69.4. The lowest BCUT2D eigenvalue weighted by Crippen LogP contribution is -2.39. The molecule has 2 aliphatic rings. The van der Waals surface area contributed by atoms with E-state index in [1.807, 2.05) is 6.07 Å². The summed E-state index contributed by atoms with van der Waals surface area (Å²) in [6.07, 6.45) is 2.29. The van der Waals surface area contributed by atoms with Gasteiger partial charge in [-0.1, -0.05) is 164 Å². The van der Waals surface area contributed by atoms with Gasteiger partial charge in [0.1, 0.15) is 17.7 Å². The molecule has 0 saturated carbocycles. The minimum atomic E-state index is -0.0137. The van der Waals surface area contributed by atoms with Gasteiger partial charge in [-0.2, -0.15) is 0 Å². The molecule has 0 radical (unpaired) electrons. The fourth-order valence-corrected chi connectivity index (χ4v) is 8.62. The molecular formula is C52H37N3O. The number of nitrogens with zero attached hydrogens (tertiary/aromatic N) is 1. The molecule has 11 rings (SSSR count). The molecule has 1 aromatic heterocycles. The van der Waals surface area contributed by atoms with Crippen LogP contribution in [-0.4, -0.2) is 4.57 Å². The maximum atomic E-state index is 6.60. The van der Waals surface area contributed by atoms with Gasteiger partial charge in [0, 0.05) is 38.8 Å². The molecule has 8 aromatic carbocycles. The molecule has 9 aromatic rings. The van der Waals surface area contributed by atoms with Crippen LogP contribution in [0.4, 0.5) is 0 Å². The van der Waals surface area contributed by atoms with Gasteiger partial charge in [-0.25, -0.2) is 0 Å². The Bertz CT molecular complexity index is 2930. The van der Waals surface area contributed by atoms with Crippen molar-refractivity contribution in [1.82, 2.24) is 15.2 Å². The van der Waals surface area contributed by atoms with E-state index in [1.54, 1.807) is 0 Å². The standard InChI is InChI=1S/C52H37N3O/c1-3-13-36(14-4-1)45-33-46(54-52(53-45)38-15-5-2-6-16-38)37-25-23-34(24-26-37)35-27-29-39(30-28-35)55-47-20-10-7-17-40(47)43-32-31-42-41-18-8-11-21-48(41)56-49-22-12-9-19-44(49)50(42)51(43)55/h1-33,45,52-54H. The van der Waals surface area contributed by atoms with Crippen LogP contribution in [0.3, 0.4) is 0 Å². The average molecular weight is 720 g/mol. The van der Waals surface area contributed by atoms with Crippen molar-refractivity contribution in [3.05, 3.63) is 217 Å². The smallest absolute Gasteiger partial charge is 0.135 e. The van der Waals surface area contributed by atoms with E-state index >= 15 is 0 Å². The number of ether oxygens (including phenoxy) is 1. The number of rotatable bonds is 5. The van der Waals surface area contributed by atoms with Crippen molar-refractivity contribution in [1.29, 1.82) is 0 Å². The van der Waals surface area contributed by atoms with Gasteiger partial charge in [-0.05, 0) is 69.8 Å². The highest BCUT2D eigenvalue weighted by Gasteiger charge is 2.27. The van der Waals surface area contributed by atoms with E-state index < -0.39 is 0 Å². The van der Waals surface area contributed by atoms with Crippen molar-refractivity contribution in [2.75, 3.05) is 0 Å². The highest BCUT2D eigenvalue weighted by molar-refractivity contribution is 6.17. The molecule has 0 aliphatic carbocycles. The Morgan fingerprint density at radius 1 is 0.446 bits per heavy atom. The number of nitrogens with one attached hydrogen (secondary N) is 2. The zero-order valence-electron chi connectivity index (χ0n) is 30.6. The molecule has 0 bridgehead atoms. The van der Waals surface area contributed by atoms with Gasteiger partial charge < -0.3 is 14.6 Å². The Morgan fingerprint density at radius 3 is 1.79 bits per heavy atom. The molecule has 0 saturated heterocycles. The van der Waals surface area contributed by atoms with Crippen LogP contribution in [0.25, 0.3) is 66.6 Å². The second kappa shape index (κ2) is 13.3. The number of hydrogen-bond acceptors (Lipinski definition) is 3. The molecule has 2 aliphatic heterocycles. The number of benzene rings is 8. The molecule has 4 heteroatoms. The maximum Gasteiger partial charge on any atom is 0.135 e. The SMILES string of the molecule is C1=C(c2ccc(-c3ccc(-n4c5ccccc5c5ccc6c(c54)-c4ccccc4Oc4ccccc4-6)cc3)cc2)NC(c2ccccc2)NC1c1ccccc1. The number of para-hydroxylation sites is 3. The van der Waals surface area contributed by atoms with Crippen LogP contribution in [0.1, 0.15) is 28.9 Å². The van der Waals surface area contributed by atoms with E-state index in [1.165, 1.54) is 55.2 Å². The van der Waals surface area contributed by atoms with Crippen molar-refractivity contribution in [3.63, 3.8) is 0 Å². The Kier molecular flexibility index (Phi) is 7.68. The van der Waals surface area contributed by atoms with Crippen LogP contribution < -0.4 is 15.4 Å². The van der Waals surface area contributed by atoms with Gasteiger partial charge in [-0.3, -0.25) is 5.32 Å². The van der Waals surface area contributed by atoms with Crippen LogP contribution in [0.5, 0.6) is 11.5 Å². The van der Waals surface area contributed by atoms with Crippen molar-refractivity contribution in [2.24, 2.45) is 0 Å². The molecule has 0 amide bonds. The lowest BCUT2D eigenvalue weighted by Gasteiger charge is -2.33. The van der Waals surface area contributed by atoms with E-state index in [4.69, 9.17) is 4.74 Å². The summed E-state index contributed by atoms with van der Waals surface area (Å²) < 4.78 is 9.03. The summed E-state index contributed by atoms with van der Waals surface area (Å²) in [5.41, 5.74) is 15.1. The van der Waals surface area contributed by atoms with Gasteiger partial charge in [0.25, 0.3) is 0 Å². The third-order valence-corrected chi connectivity index (χ3v) is 11.3. The first-order chi connectivity index (χ1) is 27.8. The van der Waals surface area contributed by atoms with Crippen LogP contribution in [-0.2, 0) is 0 Å². The van der Waals surface area contributed by atoms with Crippen molar-refractivity contribution >= 4 is 27.5 Å². The van der Waals surface area contributed by atoms with E-state index in [-0.39, 0.29) is 12.2 Å². The largest absolute Gasteiger partial charge is 0.456 e. The fourth-order valence-electron chi connectivity index (χ4n) is 8.62. The molecule has 2 atom stereocenters. The highest BCUT2D eigenvalue weighted by Crippen LogP contribution is 2.51. The Hall–Kier alpha value is -7.14. The minimum Gasteiger partial charge on any atom is -0.456 e. The normalized spacial score (nSPS) is 15.8. The lowest BCUT2D eigenvalue weighted by atomic mass is 9.92. The summed E-state index contributed by atoms with van der Waals surface area (Å²) in [5, 5.41) is 10.0. The molecule has 0 fully saturated rings. The average Bonchev–Trinajstić information content (AvgIpc) is 3.53. The first kappa shape index (κ1) is 32.3. The molecule has 56 heavy (non-hydrogen) atoms. The van der Waals surface area contributed by atoms with Crippen LogP contribution in [0, 0.1) is 0 Å². The molecule has 0 spiro atoms. The summed E-state index contributed by atoms with van der Waals surface area (Å²) in [5.74, 6) is 1.73. The molecule has 266 valence electrons. The Balaban J connectivity index is 0.986. The van der Waals surface area contributed by atoms with Gasteiger partial charge >= 0.3 is 0 Å². The lowest BCUT2D eigenvalue weighted by molar-refractivity contribution is 0.442. The zero-order chi connectivity index (χ0) is 37.0. The second-order valence-electron chi connectivity index (χ2n) is 14.6. The first-order valence-electron chi connectivity index (χ1n) is 19.3. The van der Waals surface area contributed by atoms with Crippen LogP contribution in [0.15, 0.2) is 200 Å². The van der Waals surface area contributed by atoms with E-state index in [0.717, 1.165) is 39.6 Å². The Morgan fingerprint density at radius 2 is 1.04 bits per heavy atom. The third kappa shape index (κ3) is 5.42. The summed E-state index contributed by atoms with van der Waals surface area (Å²) >= 11 is 0. The quantitative estimate of drug-likeness (QED) is 0.186. The summed E-state index contributed by atoms with van der Waals surface area (Å²) in [7, 11) is 0. The number of fused-ring (bicyclic) bond motifs is 9. The zero-order valence-corrected chi connectivity index (χ0v) is 30.6. The maximum absolute atomic E-state index is 6.60. The Labute approximate surface area is 326 Å². The first-order valence-corrected chi connectivity index (χ1v) is 19.3. The second-order valence-corrected chi connectivity index (χ2v) is 14.6. The monoisotopic (exact) mass is 719 g/mol.